The van der Waals surface area contributed by atoms with Crippen LogP contribution in [0.25, 0.3) is 11.1 Å². The molecule has 0 radical (unpaired) electrons. The number of amides is 2. The monoisotopic (exact) mass is 480 g/mol. The molecule has 0 aliphatic heterocycles. The molecule has 0 bridgehead atoms. The van der Waals surface area contributed by atoms with Crippen LogP contribution >= 0.6 is 0 Å². The van der Waals surface area contributed by atoms with E-state index >= 15 is 0 Å². The molecule has 0 fully saturated rings. The van der Waals surface area contributed by atoms with Crippen molar-refractivity contribution in [2.24, 2.45) is 0 Å². The molecule has 0 aromatic heterocycles. The number of alkyl carbamates (subject to hydrolysis) is 1. The number of nitrogens with one attached hydrogen (secondary N) is 2. The van der Waals surface area contributed by atoms with Crippen LogP contribution in [0.5, 0.6) is 0 Å². The number of hydrogen-bond acceptors (Lipinski definition) is 4. The number of halogens is 2. The molecule has 3 aromatic rings. The third-order valence-corrected chi connectivity index (χ3v) is 5.78. The number of rotatable bonds is 8. The number of carboxylic acid groups (broad SMARTS) is 1. The van der Waals surface area contributed by atoms with Gasteiger partial charge in [0, 0.05) is 18.0 Å². The molecule has 7 nitrogen and oxygen atoms in total. The molecule has 0 spiro atoms. The Hall–Kier alpha value is -4.27. The highest BCUT2D eigenvalue weighted by Crippen LogP contribution is 2.44. The first kappa shape index (κ1) is 23.9. The SMILES string of the molecule is O=C(NCc1ccc(C(=O)NCC(F)(F)C(=O)O)cc1)OCC1c2ccccc2-c2ccccc21. The van der Waals surface area contributed by atoms with E-state index < -0.39 is 30.4 Å². The van der Waals surface area contributed by atoms with Gasteiger partial charge >= 0.3 is 18.0 Å². The van der Waals surface area contributed by atoms with E-state index in [9.17, 15) is 23.2 Å². The number of benzene rings is 3. The molecule has 9 heteroatoms. The predicted octanol–water partition coefficient (Wildman–Crippen LogP) is 4.18. The first-order valence-corrected chi connectivity index (χ1v) is 10.8. The van der Waals surface area contributed by atoms with Crippen LogP contribution in [0.4, 0.5) is 13.6 Å². The maximum atomic E-state index is 13.1. The van der Waals surface area contributed by atoms with E-state index in [0.717, 1.165) is 22.3 Å². The third-order valence-electron chi connectivity index (χ3n) is 5.78. The molecule has 2 amide bonds. The standard InChI is InChI=1S/C26H22F2N2O5/c27-26(28,24(32)33)15-30-23(31)17-11-9-16(10-12-17)13-29-25(34)35-14-22-20-7-3-1-5-18(20)19-6-2-4-8-21(19)22/h1-12,22H,13-15H2,(H,29,34)(H,30,31)(H,32,33). The average molecular weight is 480 g/mol. The summed E-state index contributed by atoms with van der Waals surface area (Å²) in [5.74, 6) is -7.25. The van der Waals surface area contributed by atoms with Crippen LogP contribution in [-0.4, -0.2) is 42.2 Å². The van der Waals surface area contributed by atoms with Crippen molar-refractivity contribution in [1.82, 2.24) is 10.6 Å². The van der Waals surface area contributed by atoms with Crippen molar-refractivity contribution in [2.45, 2.75) is 18.4 Å². The zero-order chi connectivity index (χ0) is 25.0. The minimum absolute atomic E-state index is 0.0561. The van der Waals surface area contributed by atoms with Crippen LogP contribution in [0.15, 0.2) is 72.8 Å². The lowest BCUT2D eigenvalue weighted by Crippen LogP contribution is -2.42. The van der Waals surface area contributed by atoms with E-state index in [-0.39, 0.29) is 24.6 Å². The van der Waals surface area contributed by atoms with Gasteiger partial charge in [-0.3, -0.25) is 4.79 Å². The highest BCUT2D eigenvalue weighted by Gasteiger charge is 2.39. The van der Waals surface area contributed by atoms with Gasteiger partial charge in [-0.25, -0.2) is 9.59 Å². The van der Waals surface area contributed by atoms with Crippen LogP contribution < -0.4 is 10.6 Å². The quantitative estimate of drug-likeness (QED) is 0.449. The molecule has 1 aliphatic rings. The second kappa shape index (κ2) is 9.92. The molecule has 35 heavy (non-hydrogen) atoms. The molecule has 3 aromatic carbocycles. The van der Waals surface area contributed by atoms with Gasteiger partial charge in [-0.15, -0.1) is 0 Å². The summed E-state index contributed by atoms with van der Waals surface area (Å²) in [6, 6.07) is 21.9. The van der Waals surface area contributed by atoms with Gasteiger partial charge in [-0.2, -0.15) is 8.78 Å². The van der Waals surface area contributed by atoms with Crippen molar-refractivity contribution >= 4 is 18.0 Å². The van der Waals surface area contributed by atoms with Crippen LogP contribution in [0, 0.1) is 0 Å². The lowest BCUT2D eigenvalue weighted by Gasteiger charge is -2.15. The largest absolute Gasteiger partial charge is 0.477 e. The molecule has 0 atom stereocenters. The summed E-state index contributed by atoms with van der Waals surface area (Å²) in [4.78, 5) is 34.7. The van der Waals surface area contributed by atoms with Crippen molar-refractivity contribution in [3.63, 3.8) is 0 Å². The summed E-state index contributed by atoms with van der Waals surface area (Å²) < 4.78 is 31.7. The molecule has 0 saturated heterocycles. The van der Waals surface area contributed by atoms with Gasteiger partial charge in [0.1, 0.15) is 6.61 Å². The van der Waals surface area contributed by atoms with Gasteiger partial charge in [-0.05, 0) is 39.9 Å². The Labute approximate surface area is 199 Å². The van der Waals surface area contributed by atoms with Crippen LogP contribution in [0.2, 0.25) is 0 Å². The van der Waals surface area contributed by atoms with Crippen LogP contribution in [-0.2, 0) is 16.1 Å². The number of ether oxygens (including phenoxy) is 1. The Kier molecular flexibility index (Phi) is 6.77. The summed E-state index contributed by atoms with van der Waals surface area (Å²) in [6.45, 7) is -0.998. The fraction of sp³-hybridized carbons (Fsp3) is 0.192. The zero-order valence-electron chi connectivity index (χ0n) is 18.5. The summed E-state index contributed by atoms with van der Waals surface area (Å²) in [5.41, 5.74) is 5.22. The van der Waals surface area contributed by atoms with Crippen molar-refractivity contribution in [3.8, 4) is 11.1 Å². The Bertz CT molecular complexity index is 1220. The topological polar surface area (TPSA) is 105 Å². The Balaban J connectivity index is 1.28. The minimum Gasteiger partial charge on any atom is -0.477 e. The Morgan fingerprint density at radius 3 is 2.00 bits per heavy atom. The molecular formula is C26H22F2N2O5. The lowest BCUT2D eigenvalue weighted by molar-refractivity contribution is -0.163. The van der Waals surface area contributed by atoms with E-state index in [2.05, 4.69) is 17.4 Å². The molecule has 4 rings (SSSR count). The summed E-state index contributed by atoms with van der Waals surface area (Å²) in [5, 5.41) is 12.9. The van der Waals surface area contributed by atoms with Gasteiger partial charge in [0.15, 0.2) is 0 Å². The molecule has 0 heterocycles. The van der Waals surface area contributed by atoms with E-state index in [0.29, 0.717) is 5.56 Å². The van der Waals surface area contributed by atoms with E-state index in [1.54, 1.807) is 12.1 Å². The van der Waals surface area contributed by atoms with Crippen molar-refractivity contribution in [1.29, 1.82) is 0 Å². The van der Waals surface area contributed by atoms with E-state index in [1.165, 1.54) is 12.1 Å². The third kappa shape index (κ3) is 5.29. The molecular weight excluding hydrogens is 458 g/mol. The highest BCUT2D eigenvalue weighted by atomic mass is 19.3. The number of aliphatic carboxylic acids is 1. The van der Waals surface area contributed by atoms with Gasteiger partial charge in [-0.1, -0.05) is 60.7 Å². The Morgan fingerprint density at radius 1 is 0.857 bits per heavy atom. The summed E-state index contributed by atoms with van der Waals surface area (Å²) in [6.07, 6.45) is -0.593. The Morgan fingerprint density at radius 2 is 1.43 bits per heavy atom. The number of hydrogen-bond donors (Lipinski definition) is 3. The van der Waals surface area contributed by atoms with Crippen LogP contribution in [0.3, 0.4) is 0 Å². The summed E-state index contributed by atoms with van der Waals surface area (Å²) >= 11 is 0. The number of fused-ring (bicyclic) bond motifs is 3. The summed E-state index contributed by atoms with van der Waals surface area (Å²) in [7, 11) is 0. The van der Waals surface area contributed by atoms with Crippen LogP contribution in [0.1, 0.15) is 33.0 Å². The molecule has 1 aliphatic carbocycles. The lowest BCUT2D eigenvalue weighted by atomic mass is 9.98. The van der Waals surface area contributed by atoms with Gasteiger partial charge in [0.25, 0.3) is 5.91 Å². The van der Waals surface area contributed by atoms with Gasteiger partial charge in [0.2, 0.25) is 0 Å². The first-order valence-electron chi connectivity index (χ1n) is 10.8. The van der Waals surface area contributed by atoms with E-state index in [4.69, 9.17) is 9.84 Å². The first-order chi connectivity index (χ1) is 16.8. The van der Waals surface area contributed by atoms with Crippen molar-refractivity contribution < 1.29 is 33.0 Å². The van der Waals surface area contributed by atoms with Gasteiger partial charge in [0.05, 0.1) is 6.54 Å². The smallest absolute Gasteiger partial charge is 0.407 e. The highest BCUT2D eigenvalue weighted by molar-refractivity contribution is 5.94. The molecule has 3 N–H and O–H groups in total. The van der Waals surface area contributed by atoms with Crippen molar-refractivity contribution in [2.75, 3.05) is 13.2 Å². The normalized spacial score (nSPS) is 12.4. The molecule has 0 unspecified atom stereocenters. The van der Waals surface area contributed by atoms with Crippen molar-refractivity contribution in [3.05, 3.63) is 95.1 Å². The second-order valence-electron chi connectivity index (χ2n) is 8.07. The fourth-order valence-electron chi connectivity index (χ4n) is 3.97. The van der Waals surface area contributed by atoms with E-state index in [1.807, 2.05) is 41.7 Å². The molecule has 0 saturated carbocycles. The maximum absolute atomic E-state index is 13.1. The predicted molar refractivity (Wildman–Crippen MR) is 123 cm³/mol. The zero-order valence-corrected chi connectivity index (χ0v) is 18.5. The average Bonchev–Trinajstić information content (AvgIpc) is 3.18. The number of alkyl halides is 2. The second-order valence-corrected chi connectivity index (χ2v) is 8.07. The number of carboxylic acids is 1. The maximum Gasteiger partial charge on any atom is 0.407 e. The number of carbonyl (C=O) groups is 3. The van der Waals surface area contributed by atoms with Gasteiger partial charge < -0.3 is 20.5 Å². The number of carbonyl (C=O) groups excluding carboxylic acids is 2. The fourth-order valence-corrected chi connectivity index (χ4v) is 3.97. The minimum atomic E-state index is -4.05. The molecule has 180 valence electrons.